The summed E-state index contributed by atoms with van der Waals surface area (Å²) >= 11 is 6.10. The van der Waals surface area contributed by atoms with Crippen molar-refractivity contribution in [3.05, 3.63) is 59.0 Å². The monoisotopic (exact) mass is 330 g/mol. The number of rotatable bonds is 3. The van der Waals surface area contributed by atoms with E-state index in [1.165, 1.54) is 7.11 Å². The van der Waals surface area contributed by atoms with E-state index in [0.717, 1.165) is 28.0 Å². The minimum atomic E-state index is -0.711. The molecule has 0 fully saturated rings. The summed E-state index contributed by atoms with van der Waals surface area (Å²) < 4.78 is 11.5. The van der Waals surface area contributed by atoms with E-state index in [9.17, 15) is 4.79 Å². The summed E-state index contributed by atoms with van der Waals surface area (Å²) in [6.07, 6.45) is 2.99. The van der Waals surface area contributed by atoms with Crippen LogP contribution in [0.2, 0.25) is 5.02 Å². The number of carbonyl (C=O) groups excluding carboxylic acids is 1. The highest BCUT2D eigenvalue weighted by Gasteiger charge is 2.12. The summed E-state index contributed by atoms with van der Waals surface area (Å²) in [5.74, 6) is 0. The number of carbonyl (C=O) groups is 1. The maximum Gasteiger partial charge on any atom is 0.508 e. The van der Waals surface area contributed by atoms with Gasteiger partial charge in [-0.2, -0.15) is 0 Å². The van der Waals surface area contributed by atoms with E-state index in [1.54, 1.807) is 6.20 Å². The number of hydrogen-bond acceptors (Lipinski definition) is 4. The van der Waals surface area contributed by atoms with Crippen molar-refractivity contribution in [2.24, 2.45) is 0 Å². The smallest absolute Gasteiger partial charge is 0.438 e. The first-order valence-corrected chi connectivity index (χ1v) is 7.39. The number of ether oxygens (including phenoxy) is 2. The highest BCUT2D eigenvalue weighted by Crippen LogP contribution is 2.28. The number of nitrogens with zero attached hydrogens (tertiary/aromatic N) is 2. The number of halogens is 1. The van der Waals surface area contributed by atoms with Gasteiger partial charge in [0.15, 0.2) is 0 Å². The number of benzene rings is 1. The molecule has 0 aliphatic heterocycles. The summed E-state index contributed by atoms with van der Waals surface area (Å²) in [4.78, 5) is 15.6. The number of aryl methyl sites for hydroxylation is 1. The van der Waals surface area contributed by atoms with Gasteiger partial charge >= 0.3 is 6.16 Å². The summed E-state index contributed by atoms with van der Waals surface area (Å²) in [6.45, 7) is 2.08. The lowest BCUT2D eigenvalue weighted by molar-refractivity contribution is 0.0668. The van der Waals surface area contributed by atoms with Crippen LogP contribution in [0.15, 0.2) is 42.7 Å². The Hall–Kier alpha value is -2.53. The van der Waals surface area contributed by atoms with Gasteiger partial charge in [0.1, 0.15) is 12.3 Å². The number of hydrogen-bond donors (Lipinski definition) is 0. The fourth-order valence-electron chi connectivity index (χ4n) is 2.41. The van der Waals surface area contributed by atoms with Crippen molar-refractivity contribution >= 4 is 23.4 Å². The second-order valence-corrected chi connectivity index (χ2v) is 5.54. The van der Waals surface area contributed by atoms with Crippen molar-refractivity contribution in [3.63, 3.8) is 0 Å². The van der Waals surface area contributed by atoms with Crippen molar-refractivity contribution in [2.75, 3.05) is 7.11 Å². The van der Waals surface area contributed by atoms with Crippen LogP contribution in [0, 0.1) is 6.92 Å². The van der Waals surface area contributed by atoms with Crippen LogP contribution in [0.3, 0.4) is 0 Å². The first-order chi connectivity index (χ1) is 11.1. The Morgan fingerprint density at radius 1 is 1.35 bits per heavy atom. The predicted octanol–water partition coefficient (Wildman–Crippen LogP) is 4.25. The van der Waals surface area contributed by atoms with Crippen molar-refractivity contribution in [1.29, 1.82) is 0 Å². The van der Waals surface area contributed by atoms with Crippen LogP contribution in [0.5, 0.6) is 0 Å². The molecule has 0 saturated heterocycles. The van der Waals surface area contributed by atoms with Crippen LogP contribution in [0.1, 0.15) is 11.3 Å². The van der Waals surface area contributed by atoms with Gasteiger partial charge in [-0.1, -0.05) is 23.7 Å². The van der Waals surface area contributed by atoms with E-state index >= 15 is 0 Å². The average molecular weight is 331 g/mol. The van der Waals surface area contributed by atoms with Gasteiger partial charge < -0.3 is 13.9 Å². The summed E-state index contributed by atoms with van der Waals surface area (Å²) in [5.41, 5.74) is 4.52. The largest absolute Gasteiger partial charge is 0.508 e. The van der Waals surface area contributed by atoms with Crippen molar-refractivity contribution < 1.29 is 14.3 Å². The first-order valence-electron chi connectivity index (χ1n) is 7.02. The quantitative estimate of drug-likeness (QED) is 0.674. The Balaban J connectivity index is 2.10. The summed E-state index contributed by atoms with van der Waals surface area (Å²) in [6, 6.07) is 9.50. The molecule has 0 aliphatic rings. The molecule has 2 aromatic heterocycles. The summed E-state index contributed by atoms with van der Waals surface area (Å²) in [7, 11) is 1.28. The fourth-order valence-corrected chi connectivity index (χ4v) is 2.60. The van der Waals surface area contributed by atoms with Crippen LogP contribution in [0.25, 0.3) is 16.8 Å². The molecular weight excluding hydrogens is 316 g/mol. The third kappa shape index (κ3) is 3.14. The molecule has 5 nitrogen and oxygen atoms in total. The Morgan fingerprint density at radius 3 is 2.91 bits per heavy atom. The van der Waals surface area contributed by atoms with Crippen LogP contribution in [-0.2, 0) is 16.1 Å². The molecule has 0 radical (unpaired) electrons. The van der Waals surface area contributed by atoms with E-state index in [4.69, 9.17) is 16.3 Å². The molecule has 6 heteroatoms. The molecule has 0 N–H and O–H groups in total. The van der Waals surface area contributed by atoms with Crippen LogP contribution in [0.4, 0.5) is 4.79 Å². The van der Waals surface area contributed by atoms with Crippen molar-refractivity contribution in [2.45, 2.75) is 13.5 Å². The van der Waals surface area contributed by atoms with Gasteiger partial charge in [-0.05, 0) is 30.7 Å². The van der Waals surface area contributed by atoms with E-state index in [2.05, 4.69) is 9.72 Å². The molecule has 2 heterocycles. The van der Waals surface area contributed by atoms with E-state index in [0.29, 0.717) is 5.02 Å². The second kappa shape index (κ2) is 6.30. The molecular formula is C17H15ClN2O3. The van der Waals surface area contributed by atoms with E-state index in [-0.39, 0.29) is 6.61 Å². The molecule has 0 aliphatic carbocycles. The highest BCUT2D eigenvalue weighted by molar-refractivity contribution is 6.30. The molecule has 23 heavy (non-hydrogen) atoms. The molecule has 0 saturated carbocycles. The molecule has 3 aromatic rings. The zero-order chi connectivity index (χ0) is 16.4. The van der Waals surface area contributed by atoms with Gasteiger partial charge in [0.05, 0.1) is 7.11 Å². The number of imidazole rings is 1. The lowest BCUT2D eigenvalue weighted by Gasteiger charge is -2.10. The van der Waals surface area contributed by atoms with Gasteiger partial charge in [-0.15, -0.1) is 0 Å². The summed E-state index contributed by atoms with van der Waals surface area (Å²) in [5, 5.41) is 0.653. The van der Waals surface area contributed by atoms with E-state index < -0.39 is 6.16 Å². The molecule has 3 rings (SSSR count). The number of pyridine rings is 1. The van der Waals surface area contributed by atoms with Gasteiger partial charge in [0.2, 0.25) is 0 Å². The van der Waals surface area contributed by atoms with Gasteiger partial charge in [-0.3, -0.25) is 0 Å². The third-order valence-corrected chi connectivity index (χ3v) is 3.74. The normalized spacial score (nSPS) is 10.7. The minimum Gasteiger partial charge on any atom is -0.438 e. The van der Waals surface area contributed by atoms with Gasteiger partial charge in [0, 0.05) is 34.2 Å². The Bertz CT molecular complexity index is 873. The van der Waals surface area contributed by atoms with Crippen LogP contribution >= 0.6 is 11.6 Å². The maximum atomic E-state index is 11.2. The number of aromatic nitrogens is 2. The molecule has 118 valence electrons. The third-order valence-electron chi connectivity index (χ3n) is 3.51. The minimum absolute atomic E-state index is 0.119. The zero-order valence-electron chi connectivity index (χ0n) is 12.7. The highest BCUT2D eigenvalue weighted by atomic mass is 35.5. The van der Waals surface area contributed by atoms with Crippen LogP contribution < -0.4 is 0 Å². The SMILES string of the molecule is COC(=O)OCc1cc(-c2cccc(Cl)c2)c2ncc(C)n2c1. The Kier molecular flexibility index (Phi) is 4.21. The topological polar surface area (TPSA) is 52.8 Å². The molecule has 0 amide bonds. The van der Waals surface area contributed by atoms with Gasteiger partial charge in [0.25, 0.3) is 0 Å². The maximum absolute atomic E-state index is 11.2. The van der Waals surface area contributed by atoms with Crippen molar-refractivity contribution in [1.82, 2.24) is 9.38 Å². The zero-order valence-corrected chi connectivity index (χ0v) is 13.5. The van der Waals surface area contributed by atoms with Crippen molar-refractivity contribution in [3.8, 4) is 11.1 Å². The van der Waals surface area contributed by atoms with Crippen LogP contribution in [-0.4, -0.2) is 22.6 Å². The number of fused-ring (bicyclic) bond motifs is 1. The Labute approximate surface area is 138 Å². The Morgan fingerprint density at radius 2 is 2.17 bits per heavy atom. The standard InChI is InChI=1S/C17H15ClN2O3/c1-11-8-19-16-15(13-4-3-5-14(18)7-13)6-12(9-20(11)16)10-23-17(21)22-2/h3-9H,10H2,1-2H3. The lowest BCUT2D eigenvalue weighted by Crippen LogP contribution is -2.05. The van der Waals surface area contributed by atoms with E-state index in [1.807, 2.05) is 47.9 Å². The molecule has 1 aromatic carbocycles. The predicted molar refractivity (Wildman–Crippen MR) is 87.6 cm³/mol. The second-order valence-electron chi connectivity index (χ2n) is 5.11. The molecule has 0 bridgehead atoms. The molecule has 0 atom stereocenters. The molecule has 0 unspecified atom stereocenters. The fraction of sp³-hybridized carbons (Fsp3) is 0.176. The average Bonchev–Trinajstić information content (AvgIpc) is 2.93. The number of methoxy groups -OCH3 is 1. The van der Waals surface area contributed by atoms with Gasteiger partial charge in [-0.25, -0.2) is 9.78 Å². The lowest BCUT2D eigenvalue weighted by atomic mass is 10.1. The molecule has 0 spiro atoms. The first kappa shape index (κ1) is 15.4.